The largest absolute Gasteiger partial charge is 0.493 e. The van der Waals surface area contributed by atoms with Crippen LogP contribution < -0.4 is 9.47 Å². The van der Waals surface area contributed by atoms with E-state index in [0.29, 0.717) is 17.1 Å². The zero-order chi connectivity index (χ0) is 31.5. The molecule has 1 N–H and O–H groups in total. The average molecular weight is 596 g/mol. The zero-order valence-corrected chi connectivity index (χ0v) is 25.1. The van der Waals surface area contributed by atoms with Gasteiger partial charge in [0.1, 0.15) is 17.5 Å². The van der Waals surface area contributed by atoms with E-state index in [1.165, 1.54) is 13.8 Å². The first-order chi connectivity index (χ1) is 21.2. The van der Waals surface area contributed by atoms with Gasteiger partial charge in [-0.1, -0.05) is 72.8 Å². The second-order valence-electron chi connectivity index (χ2n) is 10.7. The summed E-state index contributed by atoms with van der Waals surface area (Å²) in [5.74, 6) is -1.00. The number of carbonyl (C=O) groups is 3. The normalized spacial score (nSPS) is 11.7. The number of nitrogens with zero attached hydrogens (tertiary/aromatic N) is 1. The summed E-state index contributed by atoms with van der Waals surface area (Å²) in [6.45, 7) is 5.16. The van der Waals surface area contributed by atoms with Crippen molar-refractivity contribution in [3.05, 3.63) is 120 Å². The minimum Gasteiger partial charge on any atom is -0.493 e. The van der Waals surface area contributed by atoms with Gasteiger partial charge in [-0.05, 0) is 73.9 Å². The number of ether oxygens (including phenoxy) is 3. The molecule has 8 heteroatoms. The Morgan fingerprint density at radius 3 is 1.93 bits per heavy atom. The Labute approximate surface area is 257 Å². The highest BCUT2D eigenvalue weighted by atomic mass is 16.5. The van der Waals surface area contributed by atoms with Gasteiger partial charge in [-0.15, -0.1) is 0 Å². The number of amides is 1. The Kier molecular flexibility index (Phi) is 10.8. The van der Waals surface area contributed by atoms with E-state index < -0.39 is 23.6 Å². The molecule has 0 aliphatic heterocycles. The Bertz CT molecular complexity index is 1520. The molecule has 0 heterocycles. The molecule has 44 heavy (non-hydrogen) atoms. The number of carboxylic acids is 1. The fourth-order valence-electron chi connectivity index (χ4n) is 4.58. The van der Waals surface area contributed by atoms with Crippen LogP contribution in [-0.2, 0) is 20.9 Å². The third-order valence-electron chi connectivity index (χ3n) is 7.00. The van der Waals surface area contributed by atoms with Crippen LogP contribution in [-0.4, -0.2) is 52.7 Å². The zero-order valence-electron chi connectivity index (χ0n) is 25.1. The summed E-state index contributed by atoms with van der Waals surface area (Å²) < 4.78 is 16.9. The van der Waals surface area contributed by atoms with Crippen molar-refractivity contribution >= 4 is 17.8 Å². The number of hydrogen-bond donors (Lipinski definition) is 1. The average Bonchev–Trinajstić information content (AvgIpc) is 3.03. The van der Waals surface area contributed by atoms with Gasteiger partial charge in [-0.2, -0.15) is 0 Å². The van der Waals surface area contributed by atoms with E-state index >= 15 is 0 Å². The molecule has 4 aromatic rings. The second kappa shape index (κ2) is 14.9. The van der Waals surface area contributed by atoms with Crippen LogP contribution in [0.3, 0.4) is 0 Å². The fourth-order valence-corrected chi connectivity index (χ4v) is 4.58. The lowest BCUT2D eigenvalue weighted by Crippen LogP contribution is -2.46. The van der Waals surface area contributed by atoms with Crippen molar-refractivity contribution < 1.29 is 33.7 Å². The van der Waals surface area contributed by atoms with Gasteiger partial charge < -0.3 is 24.2 Å². The predicted molar refractivity (Wildman–Crippen MR) is 168 cm³/mol. The molecule has 0 saturated carbocycles. The third-order valence-corrected chi connectivity index (χ3v) is 7.00. The summed E-state index contributed by atoms with van der Waals surface area (Å²) in [5.41, 5.74) is 1.97. The lowest BCUT2D eigenvalue weighted by Gasteiger charge is -2.30. The van der Waals surface area contributed by atoms with E-state index in [1.807, 2.05) is 72.8 Å². The van der Waals surface area contributed by atoms with Crippen LogP contribution in [0, 0.1) is 0 Å². The quantitative estimate of drug-likeness (QED) is 0.163. The summed E-state index contributed by atoms with van der Waals surface area (Å²) in [4.78, 5) is 40.2. The minimum atomic E-state index is -1.38. The van der Waals surface area contributed by atoms with Crippen LogP contribution in [0.2, 0.25) is 0 Å². The molecule has 1 unspecified atom stereocenters. The molecule has 4 aromatic carbocycles. The van der Waals surface area contributed by atoms with Gasteiger partial charge in [-0.25, -0.2) is 9.59 Å². The molecular weight excluding hydrogens is 558 g/mol. The van der Waals surface area contributed by atoms with Crippen LogP contribution in [0.1, 0.15) is 43.1 Å². The molecule has 1 atom stereocenters. The topological polar surface area (TPSA) is 102 Å². The van der Waals surface area contributed by atoms with Gasteiger partial charge >= 0.3 is 11.9 Å². The van der Waals surface area contributed by atoms with E-state index in [1.54, 1.807) is 48.2 Å². The first-order valence-electron chi connectivity index (χ1n) is 14.5. The molecule has 0 aromatic heterocycles. The minimum absolute atomic E-state index is 0.121. The van der Waals surface area contributed by atoms with Crippen LogP contribution in [0.15, 0.2) is 109 Å². The molecule has 0 bridgehead atoms. The first kappa shape index (κ1) is 31.8. The van der Waals surface area contributed by atoms with Gasteiger partial charge in [0.25, 0.3) is 5.91 Å². The molecule has 0 aliphatic carbocycles. The van der Waals surface area contributed by atoms with Crippen molar-refractivity contribution in [3.63, 3.8) is 0 Å². The predicted octanol–water partition coefficient (Wildman–Crippen LogP) is 6.64. The van der Waals surface area contributed by atoms with Crippen LogP contribution in [0.5, 0.6) is 11.5 Å². The summed E-state index contributed by atoms with van der Waals surface area (Å²) in [6, 6.07) is 32.4. The smallest absolute Gasteiger partial charge is 0.347 e. The molecule has 0 aliphatic rings. The molecule has 1 amide bonds. The monoisotopic (exact) mass is 595 g/mol. The van der Waals surface area contributed by atoms with Crippen molar-refractivity contribution in [3.8, 4) is 22.6 Å². The van der Waals surface area contributed by atoms with E-state index in [-0.39, 0.29) is 32.1 Å². The van der Waals surface area contributed by atoms with Crippen molar-refractivity contribution in [2.45, 2.75) is 45.4 Å². The Morgan fingerprint density at radius 2 is 1.34 bits per heavy atom. The third kappa shape index (κ3) is 8.47. The molecular formula is C36H37NO7. The lowest BCUT2D eigenvalue weighted by atomic mass is 10.0. The number of rotatable bonds is 14. The summed E-state index contributed by atoms with van der Waals surface area (Å²) in [5, 5.41) is 9.30. The van der Waals surface area contributed by atoms with Crippen LogP contribution in [0.4, 0.5) is 0 Å². The summed E-state index contributed by atoms with van der Waals surface area (Å²) in [6.07, 6.45) is 0.184. The van der Waals surface area contributed by atoms with Gasteiger partial charge in [0.15, 0.2) is 5.60 Å². The summed E-state index contributed by atoms with van der Waals surface area (Å²) >= 11 is 0. The van der Waals surface area contributed by atoms with Gasteiger partial charge in [0.2, 0.25) is 0 Å². The number of aliphatic carboxylic acids is 1. The molecule has 0 radical (unpaired) electrons. The first-order valence-corrected chi connectivity index (χ1v) is 14.5. The standard InChI is InChI=1S/C36H37NO7/c1-4-42-34(39)32(23-24-43-30-19-21-31(22-20-30)44-36(2,3)35(40)41)37(25-26-11-7-5-8-12-26)33(38)29-17-15-28(16-18-29)27-13-9-6-10-14-27/h5-22,32H,4,23-25H2,1-3H3,(H,40,41). The molecule has 0 saturated heterocycles. The van der Waals surface area contributed by atoms with Gasteiger partial charge in [0, 0.05) is 18.5 Å². The maximum atomic E-state index is 14.0. The fraction of sp³-hybridized carbons (Fsp3) is 0.250. The summed E-state index contributed by atoms with van der Waals surface area (Å²) in [7, 11) is 0. The maximum Gasteiger partial charge on any atom is 0.347 e. The number of carbonyl (C=O) groups excluding carboxylic acids is 2. The molecule has 4 rings (SSSR count). The van der Waals surface area contributed by atoms with Gasteiger partial charge in [0.05, 0.1) is 13.2 Å². The number of carboxylic acid groups (broad SMARTS) is 1. The SMILES string of the molecule is CCOC(=O)C(CCOc1ccc(OC(C)(C)C(=O)O)cc1)N(Cc1ccccc1)C(=O)c1ccc(-c2ccccc2)cc1. The van der Waals surface area contributed by atoms with E-state index in [2.05, 4.69) is 0 Å². The number of benzene rings is 4. The molecule has 228 valence electrons. The van der Waals surface area contributed by atoms with E-state index in [9.17, 15) is 19.5 Å². The van der Waals surface area contributed by atoms with Crippen LogP contribution in [0.25, 0.3) is 11.1 Å². The molecule has 0 fully saturated rings. The molecule has 0 spiro atoms. The van der Waals surface area contributed by atoms with Crippen molar-refractivity contribution in [1.82, 2.24) is 4.90 Å². The molecule has 8 nitrogen and oxygen atoms in total. The highest BCUT2D eigenvalue weighted by molar-refractivity contribution is 5.97. The maximum absolute atomic E-state index is 14.0. The second-order valence-corrected chi connectivity index (χ2v) is 10.7. The number of esters is 1. The Morgan fingerprint density at radius 1 is 0.773 bits per heavy atom. The van der Waals surface area contributed by atoms with E-state index in [0.717, 1.165) is 16.7 Å². The Balaban J connectivity index is 1.53. The Hall–Kier alpha value is -5.11. The van der Waals surface area contributed by atoms with Crippen molar-refractivity contribution in [2.75, 3.05) is 13.2 Å². The lowest BCUT2D eigenvalue weighted by molar-refractivity contribution is -0.152. The van der Waals surface area contributed by atoms with Crippen molar-refractivity contribution in [1.29, 1.82) is 0 Å². The highest BCUT2D eigenvalue weighted by Crippen LogP contribution is 2.24. The van der Waals surface area contributed by atoms with Crippen molar-refractivity contribution in [2.24, 2.45) is 0 Å². The van der Waals surface area contributed by atoms with Crippen LogP contribution >= 0.6 is 0 Å². The highest BCUT2D eigenvalue weighted by Gasteiger charge is 2.32. The number of hydrogen-bond acceptors (Lipinski definition) is 6. The van der Waals surface area contributed by atoms with Gasteiger partial charge in [-0.3, -0.25) is 4.79 Å². The van der Waals surface area contributed by atoms with E-state index in [4.69, 9.17) is 14.2 Å².